The van der Waals surface area contributed by atoms with E-state index in [0.717, 1.165) is 11.1 Å². The molecule has 0 bridgehead atoms. The summed E-state index contributed by atoms with van der Waals surface area (Å²) in [4.78, 5) is 24.6. The Morgan fingerprint density at radius 3 is 2.42 bits per heavy atom. The summed E-state index contributed by atoms with van der Waals surface area (Å²) in [6.45, 7) is 5.94. The molecule has 2 aromatic rings. The molecule has 0 heterocycles. The van der Waals surface area contributed by atoms with E-state index in [1.165, 1.54) is 0 Å². The van der Waals surface area contributed by atoms with Crippen LogP contribution in [0.25, 0.3) is 0 Å². The largest absolute Gasteiger partial charge is 0.352 e. The minimum atomic E-state index is -1.17. The Morgan fingerprint density at radius 2 is 1.79 bits per heavy atom. The fourth-order valence-corrected chi connectivity index (χ4v) is 2.33. The molecular formula is C19H23N3O2. The van der Waals surface area contributed by atoms with Crippen LogP contribution < -0.4 is 16.4 Å². The standard InChI is InChI=1S/C19H23N3O2/c1-4-21-17(23)14-11-10-13(2)16(12-14)22-18(24)19(3,20)15-8-6-5-7-9-15/h5-12H,4,20H2,1-3H3,(H,21,23)(H,22,24). The van der Waals surface area contributed by atoms with E-state index in [1.807, 2.05) is 44.2 Å². The third-order valence-electron chi connectivity index (χ3n) is 3.93. The van der Waals surface area contributed by atoms with Gasteiger partial charge in [-0.05, 0) is 44.0 Å². The van der Waals surface area contributed by atoms with Crippen molar-refractivity contribution in [1.82, 2.24) is 5.32 Å². The predicted octanol–water partition coefficient (Wildman–Crippen LogP) is 2.56. The molecule has 1 atom stereocenters. The van der Waals surface area contributed by atoms with Crippen LogP contribution in [0.15, 0.2) is 48.5 Å². The van der Waals surface area contributed by atoms with Crippen LogP contribution in [0.5, 0.6) is 0 Å². The highest BCUT2D eigenvalue weighted by atomic mass is 16.2. The number of amides is 2. The van der Waals surface area contributed by atoms with Gasteiger partial charge in [0.15, 0.2) is 0 Å². The minimum Gasteiger partial charge on any atom is -0.352 e. The first kappa shape index (κ1) is 17.7. The summed E-state index contributed by atoms with van der Waals surface area (Å²) in [7, 11) is 0. The number of aryl methyl sites for hydroxylation is 1. The molecule has 126 valence electrons. The summed E-state index contributed by atoms with van der Waals surface area (Å²) in [5, 5.41) is 5.58. The molecule has 0 aliphatic carbocycles. The normalized spacial score (nSPS) is 13.0. The zero-order valence-corrected chi connectivity index (χ0v) is 14.2. The Kier molecular flexibility index (Phi) is 5.36. The van der Waals surface area contributed by atoms with Crippen molar-refractivity contribution in [1.29, 1.82) is 0 Å². The van der Waals surface area contributed by atoms with Crippen LogP contribution in [-0.2, 0) is 10.3 Å². The van der Waals surface area contributed by atoms with Crippen LogP contribution in [0.3, 0.4) is 0 Å². The Balaban J connectivity index is 2.25. The summed E-state index contributed by atoms with van der Waals surface area (Å²) in [6.07, 6.45) is 0. The third-order valence-corrected chi connectivity index (χ3v) is 3.93. The Bertz CT molecular complexity index is 740. The number of rotatable bonds is 5. The van der Waals surface area contributed by atoms with Gasteiger partial charge in [-0.15, -0.1) is 0 Å². The van der Waals surface area contributed by atoms with E-state index < -0.39 is 5.54 Å². The average molecular weight is 325 g/mol. The van der Waals surface area contributed by atoms with Crippen molar-refractivity contribution >= 4 is 17.5 Å². The first-order valence-electron chi connectivity index (χ1n) is 7.91. The number of hydrogen-bond acceptors (Lipinski definition) is 3. The molecule has 2 rings (SSSR count). The number of carbonyl (C=O) groups is 2. The van der Waals surface area contributed by atoms with Crippen LogP contribution in [0.4, 0.5) is 5.69 Å². The summed E-state index contributed by atoms with van der Waals surface area (Å²) < 4.78 is 0. The van der Waals surface area contributed by atoms with Crippen molar-refractivity contribution < 1.29 is 9.59 Å². The van der Waals surface area contributed by atoms with Crippen molar-refractivity contribution in [2.24, 2.45) is 5.73 Å². The van der Waals surface area contributed by atoms with Crippen molar-refractivity contribution in [3.8, 4) is 0 Å². The zero-order valence-electron chi connectivity index (χ0n) is 14.2. The number of benzene rings is 2. The number of hydrogen-bond donors (Lipinski definition) is 3. The van der Waals surface area contributed by atoms with Gasteiger partial charge in [-0.1, -0.05) is 36.4 Å². The molecule has 0 fully saturated rings. The van der Waals surface area contributed by atoms with Crippen molar-refractivity contribution in [3.05, 3.63) is 65.2 Å². The molecular weight excluding hydrogens is 302 g/mol. The van der Waals surface area contributed by atoms with Gasteiger partial charge in [0.25, 0.3) is 5.91 Å². The van der Waals surface area contributed by atoms with Gasteiger partial charge in [-0.3, -0.25) is 9.59 Å². The molecule has 5 heteroatoms. The van der Waals surface area contributed by atoms with Gasteiger partial charge in [0.05, 0.1) is 0 Å². The molecule has 1 unspecified atom stereocenters. The van der Waals surface area contributed by atoms with Gasteiger partial charge in [0, 0.05) is 17.8 Å². The smallest absolute Gasteiger partial charge is 0.251 e. The van der Waals surface area contributed by atoms with Gasteiger partial charge >= 0.3 is 0 Å². The van der Waals surface area contributed by atoms with Gasteiger partial charge in [-0.2, -0.15) is 0 Å². The second-order valence-corrected chi connectivity index (χ2v) is 5.91. The summed E-state index contributed by atoms with van der Waals surface area (Å²) >= 11 is 0. The minimum absolute atomic E-state index is 0.174. The number of nitrogens with two attached hydrogens (primary N) is 1. The SMILES string of the molecule is CCNC(=O)c1ccc(C)c(NC(=O)C(C)(N)c2ccccc2)c1. The van der Waals surface area contributed by atoms with E-state index in [4.69, 9.17) is 5.73 Å². The lowest BCUT2D eigenvalue weighted by molar-refractivity contribution is -0.120. The summed E-state index contributed by atoms with van der Waals surface area (Å²) in [5.74, 6) is -0.503. The quantitative estimate of drug-likeness (QED) is 0.790. The molecule has 0 aromatic heterocycles. The average Bonchev–Trinajstić information content (AvgIpc) is 2.57. The second-order valence-electron chi connectivity index (χ2n) is 5.91. The fourth-order valence-electron chi connectivity index (χ4n) is 2.33. The highest BCUT2D eigenvalue weighted by Gasteiger charge is 2.30. The second kappa shape index (κ2) is 7.27. The summed E-state index contributed by atoms with van der Waals surface area (Å²) in [5.41, 5.74) is 7.72. The molecule has 0 saturated heterocycles. The topological polar surface area (TPSA) is 84.2 Å². The highest BCUT2D eigenvalue weighted by molar-refractivity contribution is 6.01. The molecule has 0 saturated carbocycles. The molecule has 0 radical (unpaired) electrons. The molecule has 0 aliphatic heterocycles. The number of carbonyl (C=O) groups excluding carboxylic acids is 2. The monoisotopic (exact) mass is 325 g/mol. The Hall–Kier alpha value is -2.66. The lowest BCUT2D eigenvalue weighted by Crippen LogP contribution is -2.45. The fraction of sp³-hybridized carbons (Fsp3) is 0.263. The van der Waals surface area contributed by atoms with Gasteiger partial charge in [0.1, 0.15) is 5.54 Å². The Labute approximate surface area is 142 Å². The van der Waals surface area contributed by atoms with E-state index in [1.54, 1.807) is 25.1 Å². The van der Waals surface area contributed by atoms with Crippen LogP contribution in [-0.4, -0.2) is 18.4 Å². The van der Waals surface area contributed by atoms with Crippen molar-refractivity contribution in [3.63, 3.8) is 0 Å². The van der Waals surface area contributed by atoms with Gasteiger partial charge < -0.3 is 16.4 Å². The van der Waals surface area contributed by atoms with Crippen LogP contribution in [0, 0.1) is 6.92 Å². The lowest BCUT2D eigenvalue weighted by atomic mass is 9.92. The molecule has 5 nitrogen and oxygen atoms in total. The van der Waals surface area contributed by atoms with Crippen molar-refractivity contribution in [2.45, 2.75) is 26.3 Å². The summed E-state index contributed by atoms with van der Waals surface area (Å²) in [6, 6.07) is 14.4. The Morgan fingerprint density at radius 1 is 1.12 bits per heavy atom. The van der Waals surface area contributed by atoms with E-state index in [0.29, 0.717) is 17.8 Å². The van der Waals surface area contributed by atoms with Crippen LogP contribution in [0.1, 0.15) is 35.3 Å². The number of nitrogens with one attached hydrogen (secondary N) is 2. The number of anilines is 1. The van der Waals surface area contributed by atoms with Gasteiger partial charge in [0.2, 0.25) is 5.91 Å². The van der Waals surface area contributed by atoms with E-state index in [-0.39, 0.29) is 11.8 Å². The molecule has 4 N–H and O–H groups in total. The third kappa shape index (κ3) is 3.81. The van der Waals surface area contributed by atoms with Gasteiger partial charge in [-0.25, -0.2) is 0 Å². The lowest BCUT2D eigenvalue weighted by Gasteiger charge is -2.24. The first-order chi connectivity index (χ1) is 11.4. The molecule has 24 heavy (non-hydrogen) atoms. The molecule has 0 aliphatic rings. The predicted molar refractivity (Wildman–Crippen MR) is 95.8 cm³/mol. The van der Waals surface area contributed by atoms with Crippen LogP contribution in [0.2, 0.25) is 0 Å². The molecule has 0 spiro atoms. The van der Waals surface area contributed by atoms with E-state index in [9.17, 15) is 9.59 Å². The van der Waals surface area contributed by atoms with E-state index in [2.05, 4.69) is 10.6 Å². The first-order valence-corrected chi connectivity index (χ1v) is 7.91. The van der Waals surface area contributed by atoms with Crippen LogP contribution >= 0.6 is 0 Å². The maximum Gasteiger partial charge on any atom is 0.251 e. The van der Waals surface area contributed by atoms with E-state index >= 15 is 0 Å². The molecule has 2 aromatic carbocycles. The zero-order chi connectivity index (χ0) is 17.7. The molecule has 2 amide bonds. The highest BCUT2D eigenvalue weighted by Crippen LogP contribution is 2.22. The maximum absolute atomic E-state index is 12.7. The van der Waals surface area contributed by atoms with Crippen molar-refractivity contribution in [2.75, 3.05) is 11.9 Å². The maximum atomic E-state index is 12.7.